The van der Waals surface area contributed by atoms with E-state index in [1.807, 2.05) is 24.4 Å². The van der Waals surface area contributed by atoms with Gasteiger partial charge in [-0.15, -0.1) is 10.2 Å². The van der Waals surface area contributed by atoms with E-state index in [9.17, 15) is 5.26 Å². The second-order valence-corrected chi connectivity index (χ2v) is 5.78. The fourth-order valence-electron chi connectivity index (χ4n) is 3.07. The summed E-state index contributed by atoms with van der Waals surface area (Å²) in [5, 5.41) is 27.0. The maximum absolute atomic E-state index is 9.28. The van der Waals surface area contributed by atoms with E-state index >= 15 is 0 Å². The van der Waals surface area contributed by atoms with Gasteiger partial charge < -0.3 is 10.2 Å². The van der Waals surface area contributed by atoms with Crippen molar-refractivity contribution in [2.75, 3.05) is 23.3 Å². The number of fused-ring (bicyclic) bond motifs is 1. The first-order chi connectivity index (χ1) is 12.4. The van der Waals surface area contributed by atoms with Crippen molar-refractivity contribution in [3.05, 3.63) is 42.5 Å². The van der Waals surface area contributed by atoms with Crippen LogP contribution in [0.25, 0.3) is 16.5 Å². The van der Waals surface area contributed by atoms with Gasteiger partial charge in [0.25, 0.3) is 0 Å². The molecular formula is C17H16N8. The van der Waals surface area contributed by atoms with Gasteiger partial charge in [0.05, 0.1) is 11.2 Å². The highest BCUT2D eigenvalue weighted by Gasteiger charge is 2.16. The molecule has 0 spiro atoms. The van der Waals surface area contributed by atoms with Crippen LogP contribution in [0.15, 0.2) is 36.7 Å². The molecule has 8 heteroatoms. The third-order valence-corrected chi connectivity index (χ3v) is 4.27. The Hall–Kier alpha value is -3.47. The molecule has 3 heterocycles. The molecule has 1 aliphatic rings. The van der Waals surface area contributed by atoms with Gasteiger partial charge in [0.1, 0.15) is 11.6 Å². The Morgan fingerprint density at radius 1 is 1.28 bits per heavy atom. The number of rotatable bonds is 4. The molecule has 0 saturated carbocycles. The van der Waals surface area contributed by atoms with E-state index < -0.39 is 0 Å². The highest BCUT2D eigenvalue weighted by molar-refractivity contribution is 6.00. The SMILES string of the molecule is N#CC(=CNc1ccc(N2CCCC2)c2ncccc12)c1nn[nH]n1. The summed E-state index contributed by atoms with van der Waals surface area (Å²) in [6.07, 6.45) is 5.82. The summed E-state index contributed by atoms with van der Waals surface area (Å²) in [6.45, 7) is 2.13. The summed E-state index contributed by atoms with van der Waals surface area (Å²) < 4.78 is 0. The highest BCUT2D eigenvalue weighted by atomic mass is 15.5. The van der Waals surface area contributed by atoms with Gasteiger partial charge in [0.15, 0.2) is 0 Å². The minimum absolute atomic E-state index is 0.256. The Morgan fingerprint density at radius 3 is 2.92 bits per heavy atom. The molecule has 0 atom stereocenters. The average molecular weight is 332 g/mol. The maximum Gasteiger partial charge on any atom is 0.216 e. The third-order valence-electron chi connectivity index (χ3n) is 4.27. The van der Waals surface area contributed by atoms with Crippen LogP contribution in [0.1, 0.15) is 18.7 Å². The Labute approximate surface area is 144 Å². The van der Waals surface area contributed by atoms with Gasteiger partial charge in [-0.1, -0.05) is 0 Å². The smallest absolute Gasteiger partial charge is 0.216 e. The quantitative estimate of drug-likeness (QED) is 0.706. The number of anilines is 2. The number of aromatic amines is 1. The van der Waals surface area contributed by atoms with Crippen molar-refractivity contribution >= 4 is 27.9 Å². The maximum atomic E-state index is 9.28. The van der Waals surface area contributed by atoms with Crippen LogP contribution in [0.2, 0.25) is 0 Å². The number of tetrazole rings is 1. The predicted octanol–water partition coefficient (Wildman–Crippen LogP) is 2.32. The van der Waals surface area contributed by atoms with E-state index in [1.165, 1.54) is 12.8 Å². The van der Waals surface area contributed by atoms with Gasteiger partial charge in [-0.3, -0.25) is 4.98 Å². The van der Waals surface area contributed by atoms with Gasteiger partial charge in [0.2, 0.25) is 5.82 Å². The minimum Gasteiger partial charge on any atom is -0.370 e. The van der Waals surface area contributed by atoms with Crippen molar-refractivity contribution < 1.29 is 0 Å². The standard InChI is InChI=1S/C17H16N8/c18-10-12(17-21-23-24-22-17)11-20-14-5-6-15(25-8-1-2-9-25)16-13(14)4-3-7-19-16/h3-7,11,20H,1-2,8-9H2,(H,21,22,23,24). The molecule has 1 fully saturated rings. The zero-order valence-corrected chi connectivity index (χ0v) is 13.5. The van der Waals surface area contributed by atoms with Crippen LogP contribution in [0.3, 0.4) is 0 Å². The lowest BCUT2D eigenvalue weighted by atomic mass is 10.1. The Balaban J connectivity index is 1.71. The molecule has 2 N–H and O–H groups in total. The monoisotopic (exact) mass is 332 g/mol. The number of hydrogen-bond acceptors (Lipinski definition) is 7. The first kappa shape index (κ1) is 15.1. The number of nitrogens with one attached hydrogen (secondary N) is 2. The van der Waals surface area contributed by atoms with E-state index in [4.69, 9.17) is 0 Å². The van der Waals surface area contributed by atoms with Crippen LogP contribution >= 0.6 is 0 Å². The lowest BCUT2D eigenvalue weighted by molar-refractivity contribution is 0.881. The van der Waals surface area contributed by atoms with E-state index in [0.717, 1.165) is 35.4 Å². The molecule has 2 aromatic heterocycles. The van der Waals surface area contributed by atoms with Crippen LogP contribution in [-0.2, 0) is 0 Å². The fourth-order valence-corrected chi connectivity index (χ4v) is 3.07. The van der Waals surface area contributed by atoms with Crippen LogP contribution in [0, 0.1) is 11.3 Å². The molecule has 1 aromatic carbocycles. The lowest BCUT2D eigenvalue weighted by Gasteiger charge is -2.20. The third kappa shape index (κ3) is 2.87. The molecule has 25 heavy (non-hydrogen) atoms. The topological polar surface area (TPSA) is 106 Å². The van der Waals surface area contributed by atoms with Crippen molar-refractivity contribution in [3.8, 4) is 6.07 Å². The largest absolute Gasteiger partial charge is 0.370 e. The van der Waals surface area contributed by atoms with Gasteiger partial charge in [0, 0.05) is 36.6 Å². The Morgan fingerprint density at radius 2 is 2.16 bits per heavy atom. The van der Waals surface area contributed by atoms with Crippen LogP contribution in [-0.4, -0.2) is 38.7 Å². The molecule has 0 aliphatic carbocycles. The number of nitrogens with zero attached hydrogens (tertiary/aromatic N) is 6. The zero-order chi connectivity index (χ0) is 17.1. The second kappa shape index (κ2) is 6.57. The van der Waals surface area contributed by atoms with Gasteiger partial charge in [-0.2, -0.15) is 10.5 Å². The fraction of sp³-hybridized carbons (Fsp3) is 0.235. The predicted molar refractivity (Wildman–Crippen MR) is 94.6 cm³/mol. The molecule has 4 rings (SSSR count). The number of nitriles is 1. The second-order valence-electron chi connectivity index (χ2n) is 5.78. The highest BCUT2D eigenvalue weighted by Crippen LogP contribution is 2.32. The molecule has 0 unspecified atom stereocenters. The van der Waals surface area contributed by atoms with Crippen molar-refractivity contribution in [2.24, 2.45) is 0 Å². The summed E-state index contributed by atoms with van der Waals surface area (Å²) >= 11 is 0. The number of pyridine rings is 1. The molecule has 124 valence electrons. The van der Waals surface area contributed by atoms with Gasteiger partial charge in [-0.05, 0) is 42.3 Å². The number of allylic oxidation sites excluding steroid dienone is 1. The lowest BCUT2D eigenvalue weighted by Crippen LogP contribution is -2.18. The van der Waals surface area contributed by atoms with E-state index in [2.05, 4.69) is 48.0 Å². The molecule has 0 bridgehead atoms. The molecule has 0 amide bonds. The summed E-state index contributed by atoms with van der Waals surface area (Å²) in [7, 11) is 0. The first-order valence-electron chi connectivity index (χ1n) is 8.10. The summed E-state index contributed by atoms with van der Waals surface area (Å²) in [4.78, 5) is 6.95. The number of aromatic nitrogens is 5. The van der Waals surface area contributed by atoms with E-state index in [0.29, 0.717) is 5.57 Å². The molecule has 8 nitrogen and oxygen atoms in total. The molecule has 1 aliphatic heterocycles. The molecule has 3 aromatic rings. The summed E-state index contributed by atoms with van der Waals surface area (Å²) in [5.41, 5.74) is 3.29. The zero-order valence-electron chi connectivity index (χ0n) is 13.5. The van der Waals surface area contributed by atoms with Crippen molar-refractivity contribution in [1.29, 1.82) is 5.26 Å². The van der Waals surface area contributed by atoms with Crippen molar-refractivity contribution in [2.45, 2.75) is 12.8 Å². The molecule has 1 saturated heterocycles. The number of benzene rings is 1. The minimum atomic E-state index is 0.256. The van der Waals surface area contributed by atoms with Crippen LogP contribution < -0.4 is 10.2 Å². The number of hydrogen-bond donors (Lipinski definition) is 2. The Bertz CT molecular complexity index is 948. The average Bonchev–Trinajstić information content (AvgIpc) is 3.36. The van der Waals surface area contributed by atoms with Gasteiger partial charge >= 0.3 is 0 Å². The van der Waals surface area contributed by atoms with Crippen molar-refractivity contribution in [3.63, 3.8) is 0 Å². The summed E-state index contributed by atoms with van der Waals surface area (Å²) in [5.74, 6) is 0.256. The molecular weight excluding hydrogens is 316 g/mol. The summed E-state index contributed by atoms with van der Waals surface area (Å²) in [6, 6.07) is 10.1. The number of H-pyrrole nitrogens is 1. The first-order valence-corrected chi connectivity index (χ1v) is 8.10. The van der Waals surface area contributed by atoms with Crippen molar-refractivity contribution in [1.82, 2.24) is 25.6 Å². The molecule has 0 radical (unpaired) electrons. The normalized spacial score (nSPS) is 14.7. The van der Waals surface area contributed by atoms with E-state index in [1.54, 1.807) is 6.20 Å². The van der Waals surface area contributed by atoms with E-state index in [-0.39, 0.29) is 5.82 Å². The Kier molecular flexibility index (Phi) is 3.96. The van der Waals surface area contributed by atoms with Crippen LogP contribution in [0.5, 0.6) is 0 Å². The van der Waals surface area contributed by atoms with Gasteiger partial charge in [-0.25, -0.2) is 0 Å². The van der Waals surface area contributed by atoms with Crippen LogP contribution in [0.4, 0.5) is 11.4 Å².